The normalized spacial score (nSPS) is 10.6. The maximum absolute atomic E-state index is 4.47. The van der Waals surface area contributed by atoms with Gasteiger partial charge in [-0.2, -0.15) is 0 Å². The van der Waals surface area contributed by atoms with E-state index >= 15 is 0 Å². The van der Waals surface area contributed by atoms with Gasteiger partial charge in [0.2, 0.25) is 0 Å². The highest BCUT2D eigenvalue weighted by Crippen LogP contribution is 2.23. The Balaban J connectivity index is 2.17. The Labute approximate surface area is 118 Å². The molecule has 0 aliphatic carbocycles. The molecule has 0 radical (unpaired) electrons. The largest absolute Gasteiger partial charge is 0.373 e. The van der Waals surface area contributed by atoms with Crippen LogP contribution in [-0.2, 0) is 6.54 Å². The maximum atomic E-state index is 4.47. The van der Waals surface area contributed by atoms with Gasteiger partial charge in [-0.25, -0.2) is 9.97 Å². The van der Waals surface area contributed by atoms with Crippen LogP contribution in [0.1, 0.15) is 26.7 Å². The van der Waals surface area contributed by atoms with E-state index in [2.05, 4.69) is 40.5 Å². The first-order valence-corrected chi connectivity index (χ1v) is 7.15. The molecule has 0 bridgehead atoms. The van der Waals surface area contributed by atoms with Crippen LogP contribution in [0.25, 0.3) is 0 Å². The number of anilines is 2. The lowest BCUT2D eigenvalue weighted by Gasteiger charge is -2.12. The highest BCUT2D eigenvalue weighted by molar-refractivity contribution is 7.12. The van der Waals surface area contributed by atoms with Crippen molar-refractivity contribution in [2.45, 2.75) is 34.2 Å². The van der Waals surface area contributed by atoms with E-state index in [-0.39, 0.29) is 0 Å². The van der Waals surface area contributed by atoms with E-state index in [0.717, 1.165) is 29.6 Å². The molecule has 102 valence electrons. The Hall–Kier alpha value is -1.62. The van der Waals surface area contributed by atoms with Crippen LogP contribution in [0.15, 0.2) is 6.07 Å². The number of hydrogen-bond donors (Lipinski definition) is 2. The summed E-state index contributed by atoms with van der Waals surface area (Å²) in [6.07, 6.45) is 0. The van der Waals surface area contributed by atoms with Crippen molar-refractivity contribution in [1.29, 1.82) is 0 Å². The third-order valence-corrected chi connectivity index (χ3v) is 4.29. The lowest BCUT2D eigenvalue weighted by atomic mass is 10.2. The van der Waals surface area contributed by atoms with Crippen molar-refractivity contribution >= 4 is 23.0 Å². The Morgan fingerprint density at radius 1 is 1.11 bits per heavy atom. The van der Waals surface area contributed by atoms with Gasteiger partial charge in [0.05, 0.1) is 6.54 Å². The average molecular weight is 276 g/mol. The van der Waals surface area contributed by atoms with E-state index in [4.69, 9.17) is 0 Å². The highest BCUT2D eigenvalue weighted by atomic mass is 32.1. The quantitative estimate of drug-likeness (QED) is 0.898. The topological polar surface area (TPSA) is 49.8 Å². The summed E-state index contributed by atoms with van der Waals surface area (Å²) in [5.74, 6) is 2.56. The van der Waals surface area contributed by atoms with Crippen LogP contribution in [0.4, 0.5) is 11.6 Å². The first-order valence-electron chi connectivity index (χ1n) is 6.34. The third kappa shape index (κ3) is 3.04. The fraction of sp³-hybridized carbons (Fsp3) is 0.429. The van der Waals surface area contributed by atoms with Crippen molar-refractivity contribution in [3.8, 4) is 0 Å². The summed E-state index contributed by atoms with van der Waals surface area (Å²) in [5, 5.41) is 6.50. The number of aromatic nitrogens is 2. The van der Waals surface area contributed by atoms with Gasteiger partial charge < -0.3 is 10.6 Å². The molecule has 4 nitrogen and oxygen atoms in total. The Kier molecular flexibility index (Phi) is 4.04. The first-order chi connectivity index (χ1) is 9.01. The second kappa shape index (κ2) is 5.57. The molecule has 0 saturated heterocycles. The lowest BCUT2D eigenvalue weighted by Crippen LogP contribution is -2.07. The van der Waals surface area contributed by atoms with Crippen LogP contribution < -0.4 is 10.6 Å². The van der Waals surface area contributed by atoms with E-state index in [1.807, 2.05) is 32.2 Å². The molecule has 2 heterocycles. The number of nitrogens with zero attached hydrogens (tertiary/aromatic N) is 2. The maximum Gasteiger partial charge on any atom is 0.135 e. The van der Waals surface area contributed by atoms with Crippen LogP contribution in [-0.4, -0.2) is 17.0 Å². The van der Waals surface area contributed by atoms with Crippen LogP contribution >= 0.6 is 11.3 Å². The van der Waals surface area contributed by atoms with E-state index in [1.165, 1.54) is 15.3 Å². The molecule has 0 aliphatic heterocycles. The molecule has 5 heteroatoms. The molecule has 2 rings (SSSR count). The predicted octanol–water partition coefficient (Wildman–Crippen LogP) is 3.43. The number of thiophene rings is 1. The standard InChI is InChI=1S/C14H20N4S/c1-8-6-12(19-10(8)3)7-16-14-9(2)13(15-5)17-11(4)18-14/h6H,7H2,1-5H3,(H2,15,16,17,18). The van der Waals surface area contributed by atoms with Gasteiger partial charge in [-0.15, -0.1) is 11.3 Å². The Morgan fingerprint density at radius 3 is 2.37 bits per heavy atom. The minimum Gasteiger partial charge on any atom is -0.373 e. The summed E-state index contributed by atoms with van der Waals surface area (Å²) < 4.78 is 0. The van der Waals surface area contributed by atoms with Crippen LogP contribution in [0.5, 0.6) is 0 Å². The van der Waals surface area contributed by atoms with Crippen molar-refractivity contribution in [2.75, 3.05) is 17.7 Å². The molecule has 0 spiro atoms. The van der Waals surface area contributed by atoms with Gasteiger partial charge in [0.25, 0.3) is 0 Å². The average Bonchev–Trinajstić information content (AvgIpc) is 2.69. The number of aryl methyl sites for hydroxylation is 3. The summed E-state index contributed by atoms with van der Waals surface area (Å²) in [5.41, 5.74) is 2.41. The van der Waals surface area contributed by atoms with Crippen molar-refractivity contribution in [2.24, 2.45) is 0 Å². The van der Waals surface area contributed by atoms with Crippen molar-refractivity contribution < 1.29 is 0 Å². The second-order valence-electron chi connectivity index (χ2n) is 4.65. The monoisotopic (exact) mass is 276 g/mol. The summed E-state index contributed by atoms with van der Waals surface area (Å²) in [7, 11) is 1.88. The fourth-order valence-corrected chi connectivity index (χ4v) is 2.94. The summed E-state index contributed by atoms with van der Waals surface area (Å²) >= 11 is 1.83. The van der Waals surface area contributed by atoms with E-state index in [1.54, 1.807) is 0 Å². The molecule has 0 atom stereocenters. The number of hydrogen-bond acceptors (Lipinski definition) is 5. The Bertz CT molecular complexity index is 570. The molecule has 2 N–H and O–H groups in total. The Morgan fingerprint density at radius 2 is 1.79 bits per heavy atom. The van der Waals surface area contributed by atoms with Gasteiger partial charge in [-0.1, -0.05) is 0 Å². The van der Waals surface area contributed by atoms with Crippen molar-refractivity contribution in [1.82, 2.24) is 9.97 Å². The van der Waals surface area contributed by atoms with Crippen molar-refractivity contribution in [3.05, 3.63) is 32.8 Å². The first kappa shape index (κ1) is 13.8. The molecular formula is C14H20N4S. The molecular weight excluding hydrogens is 256 g/mol. The van der Waals surface area contributed by atoms with Gasteiger partial charge in [0.1, 0.15) is 17.5 Å². The zero-order valence-electron chi connectivity index (χ0n) is 12.1. The zero-order chi connectivity index (χ0) is 14.0. The van der Waals surface area contributed by atoms with E-state index in [9.17, 15) is 0 Å². The van der Waals surface area contributed by atoms with E-state index < -0.39 is 0 Å². The van der Waals surface area contributed by atoms with Gasteiger partial charge >= 0.3 is 0 Å². The molecule has 0 amide bonds. The molecule has 0 fully saturated rings. The SMILES string of the molecule is CNc1nc(C)nc(NCc2cc(C)c(C)s2)c1C. The van der Waals surface area contributed by atoms with Crippen LogP contribution in [0, 0.1) is 27.7 Å². The zero-order valence-corrected chi connectivity index (χ0v) is 12.9. The van der Waals surface area contributed by atoms with Crippen molar-refractivity contribution in [3.63, 3.8) is 0 Å². The van der Waals surface area contributed by atoms with Gasteiger partial charge in [0, 0.05) is 22.4 Å². The molecule has 2 aromatic rings. The third-order valence-electron chi connectivity index (χ3n) is 3.14. The minimum atomic E-state index is 0.774. The summed E-state index contributed by atoms with van der Waals surface area (Å²) in [6, 6.07) is 2.23. The molecule has 0 aromatic carbocycles. The molecule has 2 aromatic heterocycles. The summed E-state index contributed by atoms with van der Waals surface area (Å²) in [6.45, 7) is 9.04. The minimum absolute atomic E-state index is 0.774. The lowest BCUT2D eigenvalue weighted by molar-refractivity contribution is 1.01. The number of rotatable bonds is 4. The van der Waals surface area contributed by atoms with Gasteiger partial charge in [-0.3, -0.25) is 0 Å². The molecule has 19 heavy (non-hydrogen) atoms. The predicted molar refractivity (Wildman–Crippen MR) is 82.2 cm³/mol. The smallest absolute Gasteiger partial charge is 0.135 e. The number of nitrogens with one attached hydrogen (secondary N) is 2. The fourth-order valence-electron chi connectivity index (χ4n) is 1.95. The van der Waals surface area contributed by atoms with Gasteiger partial charge in [0.15, 0.2) is 0 Å². The highest BCUT2D eigenvalue weighted by Gasteiger charge is 2.08. The van der Waals surface area contributed by atoms with Crippen LogP contribution in [0.3, 0.4) is 0 Å². The molecule has 0 aliphatic rings. The van der Waals surface area contributed by atoms with Crippen LogP contribution in [0.2, 0.25) is 0 Å². The summed E-state index contributed by atoms with van der Waals surface area (Å²) in [4.78, 5) is 11.5. The second-order valence-corrected chi connectivity index (χ2v) is 5.99. The molecule has 0 saturated carbocycles. The van der Waals surface area contributed by atoms with Gasteiger partial charge in [-0.05, 0) is 39.3 Å². The molecule has 0 unspecified atom stereocenters. The van der Waals surface area contributed by atoms with E-state index in [0.29, 0.717) is 0 Å².